The van der Waals surface area contributed by atoms with Crippen LogP contribution in [-0.4, -0.2) is 30.6 Å². The van der Waals surface area contributed by atoms with Gasteiger partial charge in [-0.25, -0.2) is 4.98 Å². The van der Waals surface area contributed by atoms with Crippen molar-refractivity contribution in [1.82, 2.24) is 24.7 Å². The lowest BCUT2D eigenvalue weighted by atomic mass is 10.1. The van der Waals surface area contributed by atoms with Crippen molar-refractivity contribution in [1.29, 1.82) is 0 Å². The smallest absolute Gasteiger partial charge is 0.257 e. The lowest BCUT2D eigenvalue weighted by molar-refractivity contribution is 0.102. The summed E-state index contributed by atoms with van der Waals surface area (Å²) in [5, 5.41) is 8.91. The van der Waals surface area contributed by atoms with Gasteiger partial charge in [0, 0.05) is 53.2 Å². The van der Waals surface area contributed by atoms with E-state index in [2.05, 4.69) is 25.4 Å². The third kappa shape index (κ3) is 3.02. The number of anilines is 1. The van der Waals surface area contributed by atoms with Gasteiger partial charge in [-0.3, -0.25) is 14.5 Å². The van der Waals surface area contributed by atoms with Crippen LogP contribution in [0.5, 0.6) is 0 Å². The van der Waals surface area contributed by atoms with Crippen LogP contribution >= 0.6 is 0 Å². The van der Waals surface area contributed by atoms with Gasteiger partial charge >= 0.3 is 0 Å². The van der Waals surface area contributed by atoms with Gasteiger partial charge in [-0.05, 0) is 37.3 Å². The minimum atomic E-state index is -0.216. The number of rotatable bonds is 3. The molecule has 0 unspecified atom stereocenters. The van der Waals surface area contributed by atoms with E-state index in [4.69, 9.17) is 0 Å². The standard InChI is InChI=1S/C22H18N6O/c1-13-8-14(6-7-23-13)18-9-15-11-24-21(10-19(15)26-18)27-22(29)16-4-3-5-20-17(16)12-25-28(20)2/h3-12,26H,1-2H3,(H,24,27,29). The Morgan fingerprint density at radius 3 is 2.86 bits per heavy atom. The SMILES string of the molecule is Cc1cc(-c2cc3cnc(NC(=O)c4cccc5c4cnn5C)cc3[nH]2)ccn1. The number of aromatic nitrogens is 5. The average Bonchev–Trinajstić information content (AvgIpc) is 3.31. The third-order valence-corrected chi connectivity index (χ3v) is 4.99. The number of aryl methyl sites for hydroxylation is 2. The van der Waals surface area contributed by atoms with Gasteiger partial charge in [0.05, 0.1) is 22.8 Å². The molecular weight excluding hydrogens is 364 g/mol. The van der Waals surface area contributed by atoms with Crippen LogP contribution in [0.25, 0.3) is 33.1 Å². The molecule has 0 radical (unpaired) electrons. The Kier molecular flexibility index (Phi) is 3.87. The number of amides is 1. The fourth-order valence-corrected chi connectivity index (χ4v) is 3.52. The van der Waals surface area contributed by atoms with Gasteiger partial charge in [-0.2, -0.15) is 5.10 Å². The number of hydrogen-bond donors (Lipinski definition) is 2. The zero-order valence-corrected chi connectivity index (χ0v) is 16.0. The predicted octanol–water partition coefficient (Wildman–Crippen LogP) is 4.07. The summed E-state index contributed by atoms with van der Waals surface area (Å²) in [6.07, 6.45) is 5.25. The van der Waals surface area contributed by atoms with E-state index in [1.807, 2.05) is 50.4 Å². The van der Waals surface area contributed by atoms with Crippen molar-refractivity contribution in [2.45, 2.75) is 6.92 Å². The van der Waals surface area contributed by atoms with Crippen LogP contribution < -0.4 is 5.32 Å². The number of hydrogen-bond acceptors (Lipinski definition) is 4. The maximum absolute atomic E-state index is 12.8. The molecule has 5 aromatic rings. The first kappa shape index (κ1) is 17.1. The molecule has 1 amide bonds. The van der Waals surface area contributed by atoms with Crippen molar-refractivity contribution in [3.8, 4) is 11.3 Å². The number of aromatic amines is 1. The zero-order valence-electron chi connectivity index (χ0n) is 16.0. The second-order valence-corrected chi connectivity index (χ2v) is 6.99. The third-order valence-electron chi connectivity index (χ3n) is 4.99. The number of H-pyrrole nitrogens is 1. The highest BCUT2D eigenvalue weighted by atomic mass is 16.1. The van der Waals surface area contributed by atoms with Crippen LogP contribution in [0.1, 0.15) is 16.1 Å². The number of nitrogens with one attached hydrogen (secondary N) is 2. The van der Waals surface area contributed by atoms with Gasteiger partial charge in [0.25, 0.3) is 5.91 Å². The van der Waals surface area contributed by atoms with E-state index in [1.165, 1.54) is 0 Å². The van der Waals surface area contributed by atoms with Gasteiger partial charge in [0.2, 0.25) is 0 Å². The van der Waals surface area contributed by atoms with E-state index in [-0.39, 0.29) is 5.91 Å². The Hall–Kier alpha value is -4.00. The van der Waals surface area contributed by atoms with E-state index < -0.39 is 0 Å². The quantitative estimate of drug-likeness (QED) is 0.492. The van der Waals surface area contributed by atoms with Crippen LogP contribution in [0, 0.1) is 6.92 Å². The molecule has 0 saturated heterocycles. The maximum atomic E-state index is 12.8. The Morgan fingerprint density at radius 2 is 2.00 bits per heavy atom. The first-order chi connectivity index (χ1) is 14.1. The molecular formula is C22H18N6O. The topological polar surface area (TPSA) is 88.5 Å². The van der Waals surface area contributed by atoms with E-state index in [0.717, 1.165) is 38.8 Å². The van der Waals surface area contributed by atoms with Crippen LogP contribution in [0.15, 0.2) is 61.1 Å². The van der Waals surface area contributed by atoms with Crippen LogP contribution in [0.4, 0.5) is 5.82 Å². The summed E-state index contributed by atoms with van der Waals surface area (Å²) in [7, 11) is 1.85. The molecule has 0 saturated carbocycles. The van der Waals surface area contributed by atoms with E-state index in [0.29, 0.717) is 11.4 Å². The number of nitrogens with zero attached hydrogens (tertiary/aromatic N) is 4. The zero-order chi connectivity index (χ0) is 20.0. The summed E-state index contributed by atoms with van der Waals surface area (Å²) >= 11 is 0. The van der Waals surface area contributed by atoms with Crippen molar-refractivity contribution in [3.05, 3.63) is 72.3 Å². The van der Waals surface area contributed by atoms with Crippen molar-refractivity contribution < 1.29 is 4.79 Å². The molecule has 0 fully saturated rings. The number of carbonyl (C=O) groups excluding carboxylic acids is 1. The largest absolute Gasteiger partial charge is 0.354 e. The summed E-state index contributed by atoms with van der Waals surface area (Å²) in [6, 6.07) is 13.4. The van der Waals surface area contributed by atoms with E-state index in [1.54, 1.807) is 29.3 Å². The monoisotopic (exact) mass is 382 g/mol. The van der Waals surface area contributed by atoms with Crippen LogP contribution in [-0.2, 0) is 7.05 Å². The van der Waals surface area contributed by atoms with Crippen LogP contribution in [0.2, 0.25) is 0 Å². The molecule has 0 aliphatic carbocycles. The molecule has 142 valence electrons. The minimum Gasteiger partial charge on any atom is -0.354 e. The normalized spacial score (nSPS) is 11.2. The molecule has 7 nitrogen and oxygen atoms in total. The molecule has 4 aromatic heterocycles. The maximum Gasteiger partial charge on any atom is 0.257 e. The van der Waals surface area contributed by atoms with Crippen LogP contribution in [0.3, 0.4) is 0 Å². The predicted molar refractivity (Wildman–Crippen MR) is 113 cm³/mol. The molecule has 0 aliphatic rings. The highest BCUT2D eigenvalue weighted by Crippen LogP contribution is 2.26. The van der Waals surface area contributed by atoms with Crippen molar-refractivity contribution in [3.63, 3.8) is 0 Å². The van der Waals surface area contributed by atoms with Gasteiger partial charge in [-0.1, -0.05) is 6.07 Å². The molecule has 2 N–H and O–H groups in total. The van der Waals surface area contributed by atoms with Crippen molar-refractivity contribution in [2.75, 3.05) is 5.32 Å². The second-order valence-electron chi connectivity index (χ2n) is 6.99. The Bertz CT molecular complexity index is 1380. The average molecular weight is 382 g/mol. The summed E-state index contributed by atoms with van der Waals surface area (Å²) in [5.41, 5.74) is 5.37. The Morgan fingerprint density at radius 1 is 1.10 bits per heavy atom. The first-order valence-corrected chi connectivity index (χ1v) is 9.22. The summed E-state index contributed by atoms with van der Waals surface area (Å²) < 4.78 is 1.75. The molecule has 1 aromatic carbocycles. The van der Waals surface area contributed by atoms with Gasteiger partial charge < -0.3 is 10.3 Å². The molecule has 0 bridgehead atoms. The highest BCUT2D eigenvalue weighted by Gasteiger charge is 2.14. The molecule has 7 heteroatoms. The second kappa shape index (κ2) is 6.56. The number of pyridine rings is 2. The fraction of sp³-hybridized carbons (Fsp3) is 0.0909. The van der Waals surface area contributed by atoms with E-state index >= 15 is 0 Å². The molecule has 5 rings (SSSR count). The minimum absolute atomic E-state index is 0.216. The fourth-order valence-electron chi connectivity index (χ4n) is 3.52. The highest BCUT2D eigenvalue weighted by molar-refractivity contribution is 6.12. The number of fused-ring (bicyclic) bond motifs is 2. The lowest BCUT2D eigenvalue weighted by Gasteiger charge is -2.06. The van der Waals surface area contributed by atoms with Crippen molar-refractivity contribution in [2.24, 2.45) is 7.05 Å². The lowest BCUT2D eigenvalue weighted by Crippen LogP contribution is -2.13. The molecule has 4 heterocycles. The van der Waals surface area contributed by atoms with Gasteiger partial charge in [0.1, 0.15) is 5.82 Å². The van der Waals surface area contributed by atoms with Gasteiger partial charge in [-0.15, -0.1) is 0 Å². The van der Waals surface area contributed by atoms with Crippen molar-refractivity contribution >= 4 is 33.5 Å². The first-order valence-electron chi connectivity index (χ1n) is 9.22. The Labute approximate surface area is 166 Å². The van der Waals surface area contributed by atoms with E-state index in [9.17, 15) is 4.79 Å². The molecule has 29 heavy (non-hydrogen) atoms. The Balaban J connectivity index is 1.47. The molecule has 0 spiro atoms. The molecule has 0 atom stereocenters. The number of benzene rings is 1. The summed E-state index contributed by atoms with van der Waals surface area (Å²) in [5.74, 6) is 0.273. The van der Waals surface area contributed by atoms with Gasteiger partial charge in [0.15, 0.2) is 0 Å². The molecule has 0 aliphatic heterocycles. The summed E-state index contributed by atoms with van der Waals surface area (Å²) in [4.78, 5) is 24.9. The summed E-state index contributed by atoms with van der Waals surface area (Å²) in [6.45, 7) is 1.96. The number of carbonyl (C=O) groups is 1.